The van der Waals surface area contributed by atoms with Crippen LogP contribution in [0.2, 0.25) is 0 Å². The van der Waals surface area contributed by atoms with E-state index in [0.717, 1.165) is 51.3 Å². The summed E-state index contributed by atoms with van der Waals surface area (Å²) in [7, 11) is 0. The zero-order chi connectivity index (χ0) is 15.1. The van der Waals surface area contributed by atoms with E-state index in [-0.39, 0.29) is 5.82 Å². The van der Waals surface area contributed by atoms with Crippen molar-refractivity contribution in [2.24, 2.45) is 10.9 Å². The van der Waals surface area contributed by atoms with Crippen LogP contribution in [0.4, 0.5) is 10.1 Å². The van der Waals surface area contributed by atoms with Crippen LogP contribution in [0.3, 0.4) is 0 Å². The average Bonchev–Trinajstić information content (AvgIpc) is 2.52. The first kappa shape index (κ1) is 15.6. The van der Waals surface area contributed by atoms with Gasteiger partial charge in [-0.2, -0.15) is 0 Å². The molecule has 0 aromatic heterocycles. The molecule has 0 spiro atoms. The molecule has 0 aliphatic carbocycles. The molecule has 0 atom stereocenters. The first-order valence-electron chi connectivity index (χ1n) is 7.38. The van der Waals surface area contributed by atoms with Crippen molar-refractivity contribution in [1.82, 2.24) is 4.90 Å². The van der Waals surface area contributed by atoms with E-state index in [9.17, 15) is 4.39 Å². The minimum atomic E-state index is -0.192. The van der Waals surface area contributed by atoms with Gasteiger partial charge in [0.2, 0.25) is 0 Å². The molecule has 1 aliphatic heterocycles. The lowest BCUT2D eigenvalue weighted by Crippen LogP contribution is -2.46. The van der Waals surface area contributed by atoms with Gasteiger partial charge in [0, 0.05) is 38.3 Å². The molecule has 0 saturated carbocycles. The summed E-state index contributed by atoms with van der Waals surface area (Å²) < 4.78 is 12.9. The van der Waals surface area contributed by atoms with Crippen molar-refractivity contribution in [1.29, 1.82) is 0 Å². The Morgan fingerprint density at radius 2 is 1.81 bits per heavy atom. The highest BCUT2D eigenvalue weighted by Gasteiger charge is 2.16. The molecule has 0 amide bonds. The van der Waals surface area contributed by atoms with Gasteiger partial charge in [-0.15, -0.1) is 0 Å². The highest BCUT2D eigenvalue weighted by molar-refractivity contribution is 5.79. The van der Waals surface area contributed by atoms with E-state index in [1.165, 1.54) is 12.1 Å². The minimum absolute atomic E-state index is 0.192. The second-order valence-electron chi connectivity index (χ2n) is 5.35. The Morgan fingerprint density at radius 3 is 2.43 bits per heavy atom. The number of oxime groups is 1. The van der Waals surface area contributed by atoms with Gasteiger partial charge in [-0.1, -0.05) is 5.16 Å². The van der Waals surface area contributed by atoms with E-state index < -0.39 is 0 Å². The second kappa shape index (κ2) is 7.83. The second-order valence-corrected chi connectivity index (χ2v) is 5.35. The number of nitrogens with zero attached hydrogens (tertiary/aromatic N) is 3. The van der Waals surface area contributed by atoms with Gasteiger partial charge in [0.15, 0.2) is 0 Å². The molecule has 116 valence electrons. The molecular weight excluding hydrogens is 271 g/mol. The summed E-state index contributed by atoms with van der Waals surface area (Å²) in [5.41, 5.74) is 6.52. The number of rotatable bonds is 6. The molecular formula is C15H23FN4O. The molecule has 1 aromatic carbocycles. The van der Waals surface area contributed by atoms with Gasteiger partial charge >= 0.3 is 0 Å². The smallest absolute Gasteiger partial charge is 0.139 e. The SMILES string of the molecule is NC(CCCCN1CCN(c2ccc(F)cc2)CC1)=NO. The quantitative estimate of drug-likeness (QED) is 0.276. The molecule has 21 heavy (non-hydrogen) atoms. The van der Waals surface area contributed by atoms with E-state index in [4.69, 9.17) is 10.9 Å². The maximum atomic E-state index is 12.9. The fourth-order valence-corrected chi connectivity index (χ4v) is 2.57. The number of hydrogen-bond acceptors (Lipinski definition) is 4. The maximum absolute atomic E-state index is 12.9. The van der Waals surface area contributed by atoms with Crippen LogP contribution >= 0.6 is 0 Å². The molecule has 1 fully saturated rings. The Labute approximate surface area is 124 Å². The van der Waals surface area contributed by atoms with Gasteiger partial charge in [0.05, 0.1) is 0 Å². The number of halogens is 1. The third-order valence-corrected chi connectivity index (χ3v) is 3.85. The summed E-state index contributed by atoms with van der Waals surface area (Å²) in [5, 5.41) is 11.4. The zero-order valence-electron chi connectivity index (χ0n) is 12.2. The van der Waals surface area contributed by atoms with Crippen LogP contribution in [0, 0.1) is 5.82 Å². The van der Waals surface area contributed by atoms with Crippen molar-refractivity contribution in [3.8, 4) is 0 Å². The summed E-state index contributed by atoms with van der Waals surface area (Å²) in [5.74, 6) is 0.110. The normalized spacial score (nSPS) is 17.2. The number of piperazine rings is 1. The van der Waals surface area contributed by atoms with Crippen molar-refractivity contribution in [2.45, 2.75) is 19.3 Å². The molecule has 1 aliphatic rings. The predicted molar refractivity (Wildman–Crippen MR) is 82.3 cm³/mol. The molecule has 1 aromatic rings. The summed E-state index contributed by atoms with van der Waals surface area (Å²) >= 11 is 0. The van der Waals surface area contributed by atoms with Crippen molar-refractivity contribution in [2.75, 3.05) is 37.6 Å². The van der Waals surface area contributed by atoms with E-state index in [1.54, 1.807) is 0 Å². The number of amidine groups is 1. The molecule has 0 bridgehead atoms. The fraction of sp³-hybridized carbons (Fsp3) is 0.533. The highest BCUT2D eigenvalue weighted by Crippen LogP contribution is 2.17. The predicted octanol–water partition coefficient (Wildman–Crippen LogP) is 1.86. The van der Waals surface area contributed by atoms with Gasteiger partial charge in [-0.05, 0) is 43.7 Å². The van der Waals surface area contributed by atoms with Gasteiger partial charge < -0.3 is 15.8 Å². The van der Waals surface area contributed by atoms with Crippen LogP contribution in [-0.4, -0.2) is 48.7 Å². The lowest BCUT2D eigenvalue weighted by molar-refractivity contribution is 0.253. The van der Waals surface area contributed by atoms with E-state index in [2.05, 4.69) is 15.0 Å². The van der Waals surface area contributed by atoms with Crippen LogP contribution in [0.1, 0.15) is 19.3 Å². The molecule has 0 unspecified atom stereocenters. The van der Waals surface area contributed by atoms with Crippen LogP contribution in [0.25, 0.3) is 0 Å². The van der Waals surface area contributed by atoms with E-state index >= 15 is 0 Å². The zero-order valence-corrected chi connectivity index (χ0v) is 12.2. The Bertz CT molecular complexity index is 455. The number of hydrogen-bond donors (Lipinski definition) is 2. The highest BCUT2D eigenvalue weighted by atomic mass is 19.1. The van der Waals surface area contributed by atoms with Crippen molar-refractivity contribution in [3.05, 3.63) is 30.1 Å². The lowest BCUT2D eigenvalue weighted by atomic mass is 10.2. The largest absolute Gasteiger partial charge is 0.409 e. The van der Waals surface area contributed by atoms with Gasteiger partial charge in [-0.3, -0.25) is 4.90 Å². The Balaban J connectivity index is 1.67. The molecule has 5 nitrogen and oxygen atoms in total. The summed E-state index contributed by atoms with van der Waals surface area (Å²) in [6.45, 7) is 5.00. The van der Waals surface area contributed by atoms with Crippen LogP contribution < -0.4 is 10.6 Å². The standard InChI is InChI=1S/C15H23FN4O/c16-13-4-6-14(7-5-13)20-11-9-19(10-12-20)8-2-1-3-15(17)18-21/h4-7,21H,1-3,8-12H2,(H2,17,18). The van der Waals surface area contributed by atoms with Gasteiger partial charge in [0.25, 0.3) is 0 Å². The Morgan fingerprint density at radius 1 is 1.14 bits per heavy atom. The van der Waals surface area contributed by atoms with Gasteiger partial charge in [0.1, 0.15) is 11.7 Å². The molecule has 1 saturated heterocycles. The third-order valence-electron chi connectivity index (χ3n) is 3.85. The first-order valence-corrected chi connectivity index (χ1v) is 7.38. The first-order chi connectivity index (χ1) is 10.2. The van der Waals surface area contributed by atoms with Crippen LogP contribution in [-0.2, 0) is 0 Å². The molecule has 0 radical (unpaired) electrons. The lowest BCUT2D eigenvalue weighted by Gasteiger charge is -2.36. The number of nitrogens with two attached hydrogens (primary N) is 1. The third kappa shape index (κ3) is 4.90. The summed E-state index contributed by atoms with van der Waals surface area (Å²) in [6.07, 6.45) is 2.63. The number of anilines is 1. The number of benzene rings is 1. The van der Waals surface area contributed by atoms with Crippen LogP contribution in [0.5, 0.6) is 0 Å². The van der Waals surface area contributed by atoms with Crippen molar-refractivity contribution < 1.29 is 9.60 Å². The molecule has 3 N–H and O–H groups in total. The fourth-order valence-electron chi connectivity index (χ4n) is 2.57. The van der Waals surface area contributed by atoms with E-state index in [1.807, 2.05) is 12.1 Å². The molecule has 1 heterocycles. The topological polar surface area (TPSA) is 65.1 Å². The van der Waals surface area contributed by atoms with Gasteiger partial charge in [-0.25, -0.2) is 4.39 Å². The number of unbranched alkanes of at least 4 members (excludes halogenated alkanes) is 1. The maximum Gasteiger partial charge on any atom is 0.139 e. The summed E-state index contributed by atoms with van der Waals surface area (Å²) in [6, 6.07) is 6.69. The van der Waals surface area contributed by atoms with Crippen molar-refractivity contribution in [3.63, 3.8) is 0 Å². The van der Waals surface area contributed by atoms with Crippen molar-refractivity contribution >= 4 is 11.5 Å². The Kier molecular flexibility index (Phi) is 5.80. The molecule has 6 heteroatoms. The monoisotopic (exact) mass is 294 g/mol. The van der Waals surface area contributed by atoms with Crippen LogP contribution in [0.15, 0.2) is 29.4 Å². The average molecular weight is 294 g/mol. The summed E-state index contributed by atoms with van der Waals surface area (Å²) in [4.78, 5) is 4.71. The minimum Gasteiger partial charge on any atom is -0.409 e. The molecule has 2 rings (SSSR count). The van der Waals surface area contributed by atoms with E-state index in [0.29, 0.717) is 12.3 Å². The Hall–Kier alpha value is -1.82.